The maximum atomic E-state index is 13.6. The molecule has 2 aromatic rings. The number of Topliss-reactive ketones (excluding diaryl/α,β-unsaturated/α-hetero) is 1. The number of hydrogen-bond donors (Lipinski definition) is 0. The fourth-order valence-electron chi connectivity index (χ4n) is 1.70. The molecule has 100 valence electrons. The topological polar surface area (TPSA) is 42.9 Å². The molecule has 1 aromatic heterocycles. The van der Waals surface area contributed by atoms with Gasteiger partial charge in [-0.1, -0.05) is 29.9 Å². The smallest absolute Gasteiger partial charge is 0.180 e. The lowest BCUT2D eigenvalue weighted by Crippen LogP contribution is -2.07. The third-order valence-electron chi connectivity index (χ3n) is 2.67. The van der Waals surface area contributed by atoms with Crippen molar-refractivity contribution in [2.45, 2.75) is 26.2 Å². The molecule has 0 fully saturated rings. The summed E-state index contributed by atoms with van der Waals surface area (Å²) in [6.07, 6.45) is -0.0318. The SMILES string of the molecule is CC(C)c1nnsc1C(=O)Cc1cc(Cl)ccc1F. The highest BCUT2D eigenvalue weighted by molar-refractivity contribution is 7.08. The van der Waals surface area contributed by atoms with Crippen molar-refractivity contribution in [3.8, 4) is 0 Å². The highest BCUT2D eigenvalue weighted by atomic mass is 35.5. The van der Waals surface area contributed by atoms with Gasteiger partial charge in [-0.15, -0.1) is 5.10 Å². The minimum atomic E-state index is -0.429. The van der Waals surface area contributed by atoms with Gasteiger partial charge in [0.25, 0.3) is 0 Å². The Labute approximate surface area is 119 Å². The van der Waals surface area contributed by atoms with Crippen molar-refractivity contribution < 1.29 is 9.18 Å². The van der Waals surface area contributed by atoms with Crippen LogP contribution < -0.4 is 0 Å². The first-order chi connectivity index (χ1) is 8.99. The number of rotatable bonds is 4. The van der Waals surface area contributed by atoms with Crippen LogP contribution in [0.5, 0.6) is 0 Å². The summed E-state index contributed by atoms with van der Waals surface area (Å²) in [6.45, 7) is 3.88. The maximum Gasteiger partial charge on any atom is 0.180 e. The standard InChI is InChI=1S/C13H12ClFN2OS/c1-7(2)12-13(19-17-16-12)11(18)6-8-5-9(14)3-4-10(8)15/h3-5,7H,6H2,1-2H3. The van der Waals surface area contributed by atoms with Crippen LogP contribution in [0, 0.1) is 5.82 Å². The third-order valence-corrected chi connectivity index (χ3v) is 3.69. The van der Waals surface area contributed by atoms with Crippen LogP contribution in [0.4, 0.5) is 4.39 Å². The van der Waals surface area contributed by atoms with Crippen molar-refractivity contribution in [3.63, 3.8) is 0 Å². The first-order valence-electron chi connectivity index (χ1n) is 5.78. The Morgan fingerprint density at radius 3 is 2.89 bits per heavy atom. The van der Waals surface area contributed by atoms with Crippen LogP contribution in [-0.4, -0.2) is 15.4 Å². The summed E-state index contributed by atoms with van der Waals surface area (Å²) in [5, 5.41) is 4.36. The summed E-state index contributed by atoms with van der Waals surface area (Å²) in [5.41, 5.74) is 0.957. The molecule has 0 saturated carbocycles. The highest BCUT2D eigenvalue weighted by Gasteiger charge is 2.20. The molecular weight excluding hydrogens is 287 g/mol. The molecule has 0 aliphatic rings. The third kappa shape index (κ3) is 3.16. The van der Waals surface area contributed by atoms with Crippen LogP contribution >= 0.6 is 23.1 Å². The van der Waals surface area contributed by atoms with E-state index in [1.54, 1.807) is 0 Å². The van der Waals surface area contributed by atoms with Gasteiger partial charge in [-0.25, -0.2) is 4.39 Å². The summed E-state index contributed by atoms with van der Waals surface area (Å²) in [5.74, 6) is -0.497. The molecule has 19 heavy (non-hydrogen) atoms. The van der Waals surface area contributed by atoms with Gasteiger partial charge in [-0.3, -0.25) is 4.79 Å². The van der Waals surface area contributed by atoms with E-state index in [2.05, 4.69) is 9.59 Å². The lowest BCUT2D eigenvalue weighted by Gasteiger charge is -2.05. The molecule has 1 heterocycles. The van der Waals surface area contributed by atoms with E-state index in [-0.39, 0.29) is 18.1 Å². The van der Waals surface area contributed by atoms with Gasteiger partial charge in [0.05, 0.1) is 5.69 Å². The van der Waals surface area contributed by atoms with E-state index in [1.165, 1.54) is 18.2 Å². The molecule has 0 bridgehead atoms. The zero-order valence-electron chi connectivity index (χ0n) is 10.5. The van der Waals surface area contributed by atoms with Gasteiger partial charge in [0.2, 0.25) is 0 Å². The molecule has 2 rings (SSSR count). The lowest BCUT2D eigenvalue weighted by molar-refractivity contribution is 0.0994. The molecule has 0 atom stereocenters. The quantitative estimate of drug-likeness (QED) is 0.805. The number of aromatic nitrogens is 2. The van der Waals surface area contributed by atoms with Crippen molar-refractivity contribution in [1.29, 1.82) is 0 Å². The van der Waals surface area contributed by atoms with Gasteiger partial charge in [0.15, 0.2) is 5.78 Å². The summed E-state index contributed by atoms with van der Waals surface area (Å²) < 4.78 is 17.4. The first kappa shape index (κ1) is 14.1. The first-order valence-corrected chi connectivity index (χ1v) is 6.93. The van der Waals surface area contributed by atoms with Crippen LogP contribution in [0.25, 0.3) is 0 Å². The van der Waals surface area contributed by atoms with E-state index in [0.29, 0.717) is 21.2 Å². The van der Waals surface area contributed by atoms with Crippen molar-refractivity contribution in [2.24, 2.45) is 0 Å². The van der Waals surface area contributed by atoms with E-state index in [4.69, 9.17) is 11.6 Å². The van der Waals surface area contributed by atoms with Gasteiger partial charge in [-0.2, -0.15) is 0 Å². The average molecular weight is 299 g/mol. The minimum absolute atomic E-state index is 0.0318. The molecule has 0 saturated heterocycles. The van der Waals surface area contributed by atoms with Crippen LogP contribution in [0.15, 0.2) is 18.2 Å². The fourth-order valence-corrected chi connectivity index (χ4v) is 2.65. The number of ketones is 1. The second kappa shape index (κ2) is 5.75. The van der Waals surface area contributed by atoms with Crippen molar-refractivity contribution in [1.82, 2.24) is 9.59 Å². The Morgan fingerprint density at radius 2 is 2.21 bits per heavy atom. The average Bonchev–Trinajstić information content (AvgIpc) is 2.83. The van der Waals surface area contributed by atoms with Gasteiger partial charge >= 0.3 is 0 Å². The Hall–Kier alpha value is -1.33. The number of nitrogens with zero attached hydrogens (tertiary/aromatic N) is 2. The lowest BCUT2D eigenvalue weighted by atomic mass is 10.0. The van der Waals surface area contributed by atoms with E-state index >= 15 is 0 Å². The number of carbonyl (C=O) groups is 1. The van der Waals surface area contributed by atoms with Crippen LogP contribution in [0.1, 0.15) is 40.7 Å². The fraction of sp³-hybridized carbons (Fsp3) is 0.308. The number of carbonyl (C=O) groups excluding carboxylic acids is 1. The Balaban J connectivity index is 2.26. The van der Waals surface area contributed by atoms with Crippen LogP contribution in [0.2, 0.25) is 5.02 Å². The summed E-state index contributed by atoms with van der Waals surface area (Å²) in [4.78, 5) is 12.7. The summed E-state index contributed by atoms with van der Waals surface area (Å²) in [6, 6.07) is 4.19. The van der Waals surface area contributed by atoms with Gasteiger partial charge in [0.1, 0.15) is 10.7 Å². The van der Waals surface area contributed by atoms with Gasteiger partial charge < -0.3 is 0 Å². The van der Waals surface area contributed by atoms with Crippen LogP contribution in [0.3, 0.4) is 0 Å². The Morgan fingerprint density at radius 1 is 1.47 bits per heavy atom. The zero-order chi connectivity index (χ0) is 14.0. The molecule has 0 aliphatic carbocycles. The zero-order valence-corrected chi connectivity index (χ0v) is 12.1. The van der Waals surface area contributed by atoms with E-state index in [1.807, 2.05) is 13.8 Å². The Kier molecular flexibility index (Phi) is 4.27. The van der Waals surface area contributed by atoms with Crippen molar-refractivity contribution in [3.05, 3.63) is 45.2 Å². The molecule has 0 radical (unpaired) electrons. The summed E-state index contributed by atoms with van der Waals surface area (Å²) >= 11 is 6.86. The van der Waals surface area contributed by atoms with Gasteiger partial charge in [0, 0.05) is 11.4 Å². The van der Waals surface area contributed by atoms with Gasteiger partial charge in [-0.05, 0) is 41.2 Å². The molecule has 6 heteroatoms. The molecule has 0 N–H and O–H groups in total. The molecular formula is C13H12ClFN2OS. The second-order valence-corrected chi connectivity index (χ2v) is 5.67. The van der Waals surface area contributed by atoms with E-state index < -0.39 is 5.82 Å². The summed E-state index contributed by atoms with van der Waals surface area (Å²) in [7, 11) is 0. The molecule has 0 aliphatic heterocycles. The predicted octanol–water partition coefficient (Wildman–Crippen LogP) is 3.88. The Bertz CT molecular complexity index is 612. The highest BCUT2D eigenvalue weighted by Crippen LogP contribution is 2.23. The largest absolute Gasteiger partial charge is 0.293 e. The monoisotopic (exact) mass is 298 g/mol. The number of benzene rings is 1. The normalized spacial score (nSPS) is 11.0. The van der Waals surface area contributed by atoms with E-state index in [0.717, 1.165) is 11.5 Å². The van der Waals surface area contributed by atoms with Crippen molar-refractivity contribution in [2.75, 3.05) is 0 Å². The molecule has 0 spiro atoms. The van der Waals surface area contributed by atoms with Crippen LogP contribution in [-0.2, 0) is 6.42 Å². The molecule has 3 nitrogen and oxygen atoms in total. The minimum Gasteiger partial charge on any atom is -0.293 e. The maximum absolute atomic E-state index is 13.6. The van der Waals surface area contributed by atoms with E-state index in [9.17, 15) is 9.18 Å². The second-order valence-electron chi connectivity index (χ2n) is 4.48. The molecule has 1 aromatic carbocycles. The molecule has 0 amide bonds. The number of halogens is 2. The number of hydrogen-bond acceptors (Lipinski definition) is 4. The van der Waals surface area contributed by atoms with Crippen molar-refractivity contribution >= 4 is 28.9 Å². The molecule has 0 unspecified atom stereocenters. The predicted molar refractivity (Wildman–Crippen MR) is 73.4 cm³/mol.